The van der Waals surface area contributed by atoms with Crippen molar-refractivity contribution < 1.29 is 24.2 Å². The standard InChI is InChI=1S/C13H23NO5/c1-8(18-7-9-5-6-9)10(11(15)16)14-12(17)19-13(2,3)4/h8-10H,5-7H2,1-4H3,(H,14,17)(H,15,16)/t8?,10-/m0/s1. The Labute approximate surface area is 113 Å². The Balaban J connectivity index is 2.46. The minimum atomic E-state index is -1.13. The molecule has 110 valence electrons. The predicted octanol–water partition coefficient (Wildman–Crippen LogP) is 1.78. The van der Waals surface area contributed by atoms with E-state index in [9.17, 15) is 9.59 Å². The van der Waals surface area contributed by atoms with Crippen LogP contribution in [0.1, 0.15) is 40.5 Å². The normalized spacial score (nSPS) is 18.5. The van der Waals surface area contributed by atoms with E-state index < -0.39 is 29.8 Å². The van der Waals surface area contributed by atoms with Crippen molar-refractivity contribution in [1.29, 1.82) is 0 Å². The molecule has 6 nitrogen and oxygen atoms in total. The first-order chi connectivity index (χ1) is 8.69. The maximum absolute atomic E-state index is 11.6. The number of ether oxygens (including phenoxy) is 2. The Bertz CT molecular complexity index is 332. The van der Waals surface area contributed by atoms with Gasteiger partial charge in [0.25, 0.3) is 0 Å². The molecule has 1 amide bonds. The summed E-state index contributed by atoms with van der Waals surface area (Å²) in [5.74, 6) is -0.590. The van der Waals surface area contributed by atoms with Crippen LogP contribution < -0.4 is 5.32 Å². The van der Waals surface area contributed by atoms with Crippen molar-refractivity contribution in [2.75, 3.05) is 6.61 Å². The Kier molecular flexibility index (Phi) is 5.17. The molecule has 2 N–H and O–H groups in total. The molecule has 0 bridgehead atoms. The molecular weight excluding hydrogens is 250 g/mol. The van der Waals surface area contributed by atoms with Crippen LogP contribution in [0.5, 0.6) is 0 Å². The highest BCUT2D eigenvalue weighted by atomic mass is 16.6. The molecule has 0 aromatic carbocycles. The van der Waals surface area contributed by atoms with Crippen LogP contribution in [0, 0.1) is 5.92 Å². The molecule has 0 aliphatic heterocycles. The molecule has 0 spiro atoms. The minimum Gasteiger partial charge on any atom is -0.480 e. The van der Waals surface area contributed by atoms with Gasteiger partial charge < -0.3 is 19.9 Å². The van der Waals surface area contributed by atoms with Crippen molar-refractivity contribution in [1.82, 2.24) is 5.32 Å². The van der Waals surface area contributed by atoms with Gasteiger partial charge in [0.15, 0.2) is 6.04 Å². The molecule has 0 radical (unpaired) electrons. The fraction of sp³-hybridized carbons (Fsp3) is 0.846. The Morgan fingerprint density at radius 1 is 1.37 bits per heavy atom. The summed E-state index contributed by atoms with van der Waals surface area (Å²) in [4.78, 5) is 22.7. The fourth-order valence-corrected chi connectivity index (χ4v) is 1.48. The summed E-state index contributed by atoms with van der Waals surface area (Å²) in [6.07, 6.45) is 0.917. The Morgan fingerprint density at radius 2 is 1.95 bits per heavy atom. The van der Waals surface area contributed by atoms with Gasteiger partial charge in [-0.2, -0.15) is 0 Å². The SMILES string of the molecule is CC(OCC1CC1)[C@H](NC(=O)OC(C)(C)C)C(=O)O. The van der Waals surface area contributed by atoms with Crippen molar-refractivity contribution in [3.8, 4) is 0 Å². The van der Waals surface area contributed by atoms with Crippen molar-refractivity contribution in [2.45, 2.75) is 58.3 Å². The van der Waals surface area contributed by atoms with Gasteiger partial charge in [-0.25, -0.2) is 9.59 Å². The molecule has 1 saturated carbocycles. The average molecular weight is 273 g/mol. The van der Waals surface area contributed by atoms with Crippen LogP contribution in [0.2, 0.25) is 0 Å². The first kappa shape index (κ1) is 15.8. The summed E-state index contributed by atoms with van der Waals surface area (Å²) in [6.45, 7) is 7.33. The second kappa shape index (κ2) is 6.23. The van der Waals surface area contributed by atoms with E-state index in [-0.39, 0.29) is 0 Å². The maximum atomic E-state index is 11.6. The molecule has 1 aliphatic rings. The van der Waals surface area contributed by atoms with Crippen LogP contribution in [-0.4, -0.2) is 41.5 Å². The number of carboxylic acids is 1. The summed E-state index contributed by atoms with van der Waals surface area (Å²) in [7, 11) is 0. The predicted molar refractivity (Wildman–Crippen MR) is 68.9 cm³/mol. The molecule has 0 aromatic rings. The zero-order valence-electron chi connectivity index (χ0n) is 11.9. The summed E-state index contributed by atoms with van der Waals surface area (Å²) < 4.78 is 10.5. The molecule has 1 aliphatic carbocycles. The molecule has 0 saturated heterocycles. The van der Waals surface area contributed by atoms with Gasteiger partial charge >= 0.3 is 12.1 Å². The van der Waals surface area contributed by atoms with E-state index in [2.05, 4.69) is 5.32 Å². The number of amides is 1. The molecule has 2 atom stereocenters. The van der Waals surface area contributed by atoms with Gasteiger partial charge in [0.05, 0.1) is 6.10 Å². The number of carbonyl (C=O) groups excluding carboxylic acids is 1. The molecule has 1 fully saturated rings. The monoisotopic (exact) mass is 273 g/mol. The topological polar surface area (TPSA) is 84.9 Å². The average Bonchev–Trinajstić information content (AvgIpc) is 3.03. The number of rotatable bonds is 6. The number of nitrogens with one attached hydrogen (secondary N) is 1. The highest BCUT2D eigenvalue weighted by Crippen LogP contribution is 2.29. The Hall–Kier alpha value is -1.30. The number of carbonyl (C=O) groups is 2. The minimum absolute atomic E-state index is 0.540. The zero-order valence-corrected chi connectivity index (χ0v) is 11.9. The molecule has 0 aromatic heterocycles. The van der Waals surface area contributed by atoms with E-state index in [0.29, 0.717) is 12.5 Å². The molecule has 1 rings (SSSR count). The van der Waals surface area contributed by atoms with E-state index in [0.717, 1.165) is 12.8 Å². The van der Waals surface area contributed by atoms with Crippen LogP contribution >= 0.6 is 0 Å². The third-order valence-electron chi connectivity index (χ3n) is 2.70. The van der Waals surface area contributed by atoms with E-state index in [1.54, 1.807) is 27.7 Å². The van der Waals surface area contributed by atoms with Crippen LogP contribution in [0.4, 0.5) is 4.79 Å². The third-order valence-corrected chi connectivity index (χ3v) is 2.70. The van der Waals surface area contributed by atoms with Crippen molar-refractivity contribution in [3.63, 3.8) is 0 Å². The molecule has 1 unspecified atom stereocenters. The molecular formula is C13H23NO5. The van der Waals surface area contributed by atoms with Gasteiger partial charge in [-0.1, -0.05) is 0 Å². The first-order valence-corrected chi connectivity index (χ1v) is 6.53. The number of carboxylic acid groups (broad SMARTS) is 1. The van der Waals surface area contributed by atoms with Crippen LogP contribution in [0.15, 0.2) is 0 Å². The second-order valence-corrected chi connectivity index (χ2v) is 5.94. The number of alkyl carbamates (subject to hydrolysis) is 1. The smallest absolute Gasteiger partial charge is 0.408 e. The summed E-state index contributed by atoms with van der Waals surface area (Å²) in [6, 6.07) is -1.10. The lowest BCUT2D eigenvalue weighted by Gasteiger charge is -2.25. The van der Waals surface area contributed by atoms with E-state index in [1.807, 2.05) is 0 Å². The Morgan fingerprint density at radius 3 is 2.37 bits per heavy atom. The fourth-order valence-electron chi connectivity index (χ4n) is 1.48. The maximum Gasteiger partial charge on any atom is 0.408 e. The first-order valence-electron chi connectivity index (χ1n) is 6.53. The quantitative estimate of drug-likeness (QED) is 0.770. The van der Waals surface area contributed by atoms with E-state index in [4.69, 9.17) is 14.6 Å². The lowest BCUT2D eigenvalue weighted by atomic mass is 10.2. The summed E-state index contributed by atoms with van der Waals surface area (Å²) in [5, 5.41) is 11.5. The highest BCUT2D eigenvalue weighted by Gasteiger charge is 2.31. The second-order valence-electron chi connectivity index (χ2n) is 5.94. The molecule has 6 heteroatoms. The number of hydrogen-bond donors (Lipinski definition) is 2. The van der Waals surface area contributed by atoms with Crippen molar-refractivity contribution in [3.05, 3.63) is 0 Å². The number of aliphatic carboxylic acids is 1. The molecule has 0 heterocycles. The van der Waals surface area contributed by atoms with Gasteiger partial charge in [0.2, 0.25) is 0 Å². The largest absolute Gasteiger partial charge is 0.480 e. The zero-order chi connectivity index (χ0) is 14.6. The van der Waals surface area contributed by atoms with Gasteiger partial charge in [-0.15, -0.1) is 0 Å². The van der Waals surface area contributed by atoms with Gasteiger partial charge in [-0.3, -0.25) is 0 Å². The lowest BCUT2D eigenvalue weighted by molar-refractivity contribution is -0.143. The van der Waals surface area contributed by atoms with Gasteiger partial charge in [0.1, 0.15) is 5.60 Å². The van der Waals surface area contributed by atoms with Crippen LogP contribution in [0.25, 0.3) is 0 Å². The van der Waals surface area contributed by atoms with Crippen LogP contribution in [-0.2, 0) is 14.3 Å². The lowest BCUT2D eigenvalue weighted by Crippen LogP contribution is -2.50. The summed E-state index contributed by atoms with van der Waals surface area (Å²) >= 11 is 0. The summed E-state index contributed by atoms with van der Waals surface area (Å²) in [5.41, 5.74) is -0.661. The van der Waals surface area contributed by atoms with Crippen LogP contribution in [0.3, 0.4) is 0 Å². The van der Waals surface area contributed by atoms with E-state index in [1.165, 1.54) is 0 Å². The third kappa shape index (κ3) is 6.42. The van der Waals surface area contributed by atoms with E-state index >= 15 is 0 Å². The van der Waals surface area contributed by atoms with Gasteiger partial charge in [0, 0.05) is 6.61 Å². The van der Waals surface area contributed by atoms with Crippen molar-refractivity contribution >= 4 is 12.1 Å². The van der Waals surface area contributed by atoms with Gasteiger partial charge in [-0.05, 0) is 46.5 Å². The highest BCUT2D eigenvalue weighted by molar-refractivity contribution is 5.80. The number of hydrogen-bond acceptors (Lipinski definition) is 4. The van der Waals surface area contributed by atoms with Crippen molar-refractivity contribution in [2.24, 2.45) is 5.92 Å². The molecule has 19 heavy (non-hydrogen) atoms.